The molecule has 1 atom stereocenters. The SMILES string of the molecule is CC(C)(C)OC(=O)N1CCCC2(C1)N(C(=O)[O-])CC2(F)F. The molecule has 1 unspecified atom stereocenters. The van der Waals surface area contributed by atoms with E-state index in [1.165, 1.54) is 0 Å². The smallest absolute Gasteiger partial charge is 0.410 e. The maximum Gasteiger partial charge on any atom is 0.410 e. The fourth-order valence-electron chi connectivity index (χ4n) is 2.88. The first kappa shape index (κ1) is 15.8. The Hall–Kier alpha value is -1.60. The van der Waals surface area contributed by atoms with Gasteiger partial charge < -0.3 is 24.4 Å². The van der Waals surface area contributed by atoms with E-state index in [0.29, 0.717) is 11.3 Å². The number of alkyl halides is 2. The second kappa shape index (κ2) is 4.71. The fourth-order valence-corrected chi connectivity index (χ4v) is 2.88. The molecule has 2 rings (SSSR count). The molecule has 2 fully saturated rings. The van der Waals surface area contributed by atoms with Crippen LogP contribution in [0.15, 0.2) is 0 Å². The third-order valence-corrected chi connectivity index (χ3v) is 3.90. The quantitative estimate of drug-likeness (QED) is 0.670. The Balaban J connectivity index is 2.16. The average molecular weight is 305 g/mol. The van der Waals surface area contributed by atoms with E-state index >= 15 is 0 Å². The lowest BCUT2D eigenvalue weighted by molar-refractivity contribution is -0.319. The van der Waals surface area contributed by atoms with Crippen LogP contribution in [0.5, 0.6) is 0 Å². The number of carbonyl (C=O) groups is 2. The van der Waals surface area contributed by atoms with E-state index in [1.54, 1.807) is 20.8 Å². The van der Waals surface area contributed by atoms with Gasteiger partial charge in [0.05, 0.1) is 13.1 Å². The van der Waals surface area contributed by atoms with Gasteiger partial charge in [-0.2, -0.15) is 0 Å². The number of amides is 2. The highest BCUT2D eigenvalue weighted by Gasteiger charge is 2.68. The van der Waals surface area contributed by atoms with Crippen LogP contribution < -0.4 is 5.11 Å². The number of halogens is 2. The molecule has 6 nitrogen and oxygen atoms in total. The molecule has 0 radical (unpaired) electrons. The lowest BCUT2D eigenvalue weighted by atomic mass is 9.74. The van der Waals surface area contributed by atoms with Crippen molar-refractivity contribution in [2.24, 2.45) is 0 Å². The molecule has 2 aliphatic rings. The number of hydrogen-bond acceptors (Lipinski definition) is 4. The van der Waals surface area contributed by atoms with Crippen LogP contribution in [-0.4, -0.2) is 58.7 Å². The van der Waals surface area contributed by atoms with Crippen molar-refractivity contribution in [1.29, 1.82) is 0 Å². The summed E-state index contributed by atoms with van der Waals surface area (Å²) in [6.07, 6.45) is -2.04. The Morgan fingerprint density at radius 2 is 1.86 bits per heavy atom. The summed E-state index contributed by atoms with van der Waals surface area (Å²) >= 11 is 0. The molecule has 2 amide bonds. The number of nitrogens with zero attached hydrogens (tertiary/aromatic N) is 2. The van der Waals surface area contributed by atoms with Gasteiger partial charge in [-0.1, -0.05) is 0 Å². The summed E-state index contributed by atoms with van der Waals surface area (Å²) in [5.41, 5.74) is -2.61. The topological polar surface area (TPSA) is 72.9 Å². The molecule has 0 N–H and O–H groups in total. The summed E-state index contributed by atoms with van der Waals surface area (Å²) < 4.78 is 33.1. The van der Waals surface area contributed by atoms with E-state index in [9.17, 15) is 23.5 Å². The van der Waals surface area contributed by atoms with Crippen molar-refractivity contribution in [3.05, 3.63) is 0 Å². The van der Waals surface area contributed by atoms with Crippen LogP contribution in [0.25, 0.3) is 0 Å². The number of rotatable bonds is 0. The van der Waals surface area contributed by atoms with Gasteiger partial charge in [0.1, 0.15) is 17.2 Å². The molecule has 21 heavy (non-hydrogen) atoms. The summed E-state index contributed by atoms with van der Waals surface area (Å²) in [5.74, 6) is -3.16. The second-order valence-electron chi connectivity index (χ2n) is 6.59. The summed E-state index contributed by atoms with van der Waals surface area (Å²) in [7, 11) is 0. The number of piperidine rings is 1. The second-order valence-corrected chi connectivity index (χ2v) is 6.59. The molecule has 1 spiro atoms. The lowest BCUT2D eigenvalue weighted by Crippen LogP contribution is -2.82. The van der Waals surface area contributed by atoms with Crippen molar-refractivity contribution in [1.82, 2.24) is 9.80 Å². The molecule has 2 saturated heterocycles. The van der Waals surface area contributed by atoms with Gasteiger partial charge in [0.2, 0.25) is 0 Å². The molecule has 0 aromatic carbocycles. The maximum atomic E-state index is 14.0. The predicted molar refractivity (Wildman–Crippen MR) is 66.8 cm³/mol. The fraction of sp³-hybridized carbons (Fsp3) is 0.846. The zero-order valence-corrected chi connectivity index (χ0v) is 12.3. The van der Waals surface area contributed by atoms with Crippen molar-refractivity contribution >= 4 is 12.2 Å². The highest BCUT2D eigenvalue weighted by molar-refractivity contribution is 5.70. The van der Waals surface area contributed by atoms with Crippen LogP contribution in [0.2, 0.25) is 0 Å². The van der Waals surface area contributed by atoms with Crippen molar-refractivity contribution < 1.29 is 28.2 Å². The van der Waals surface area contributed by atoms with Crippen molar-refractivity contribution in [2.75, 3.05) is 19.6 Å². The van der Waals surface area contributed by atoms with E-state index in [0.717, 1.165) is 4.90 Å². The molecule has 0 aromatic heterocycles. The van der Waals surface area contributed by atoms with E-state index in [4.69, 9.17) is 4.74 Å². The summed E-state index contributed by atoms with van der Waals surface area (Å²) in [4.78, 5) is 24.8. The minimum Gasteiger partial charge on any atom is -0.530 e. The predicted octanol–water partition coefficient (Wildman–Crippen LogP) is 1.05. The van der Waals surface area contributed by atoms with Gasteiger partial charge >= 0.3 is 6.09 Å². The van der Waals surface area contributed by atoms with E-state index in [2.05, 4.69) is 0 Å². The summed E-state index contributed by atoms with van der Waals surface area (Å²) in [6.45, 7) is 4.05. The third-order valence-electron chi connectivity index (χ3n) is 3.90. The van der Waals surface area contributed by atoms with Gasteiger partial charge in [-0.25, -0.2) is 13.6 Å². The van der Waals surface area contributed by atoms with Crippen LogP contribution in [0, 0.1) is 0 Å². The Bertz CT molecular complexity index is 464. The van der Waals surface area contributed by atoms with Gasteiger partial charge in [-0.3, -0.25) is 0 Å². The standard InChI is InChI=1S/C13H20F2N2O4/c1-11(2,3)21-10(20)16-6-4-5-12(7-16)13(14,15)8-17(12)9(18)19/h4-8H2,1-3H3,(H,18,19)/p-1. The van der Waals surface area contributed by atoms with E-state index in [-0.39, 0.29) is 19.5 Å². The highest BCUT2D eigenvalue weighted by atomic mass is 19.3. The van der Waals surface area contributed by atoms with E-state index < -0.39 is 35.8 Å². The van der Waals surface area contributed by atoms with Gasteiger partial charge in [-0.15, -0.1) is 0 Å². The molecule has 2 heterocycles. The van der Waals surface area contributed by atoms with Crippen molar-refractivity contribution in [2.45, 2.75) is 50.7 Å². The largest absolute Gasteiger partial charge is 0.530 e. The Kier molecular flexibility index (Phi) is 3.54. The monoisotopic (exact) mass is 305 g/mol. The Morgan fingerprint density at radius 1 is 1.24 bits per heavy atom. The molecular formula is C13H19F2N2O4-. The Morgan fingerprint density at radius 3 is 2.33 bits per heavy atom. The van der Waals surface area contributed by atoms with Gasteiger partial charge in [-0.05, 0) is 33.6 Å². The number of hydrogen-bond donors (Lipinski definition) is 0. The summed E-state index contributed by atoms with van der Waals surface area (Å²) in [5, 5.41) is 11.0. The number of ether oxygens (including phenoxy) is 1. The summed E-state index contributed by atoms with van der Waals surface area (Å²) in [6, 6.07) is 0. The molecule has 0 aliphatic carbocycles. The van der Waals surface area contributed by atoms with Crippen LogP contribution >= 0.6 is 0 Å². The molecule has 8 heteroatoms. The molecule has 120 valence electrons. The van der Waals surface area contributed by atoms with Crippen LogP contribution in [0.4, 0.5) is 18.4 Å². The van der Waals surface area contributed by atoms with Crippen molar-refractivity contribution in [3.63, 3.8) is 0 Å². The van der Waals surface area contributed by atoms with Crippen molar-refractivity contribution in [3.8, 4) is 0 Å². The molecule has 2 aliphatic heterocycles. The first-order chi connectivity index (χ1) is 9.48. The van der Waals surface area contributed by atoms with E-state index in [1.807, 2.05) is 0 Å². The maximum absolute atomic E-state index is 14.0. The number of likely N-dealkylation sites (tertiary alicyclic amines) is 2. The third kappa shape index (κ3) is 2.63. The minimum absolute atomic E-state index is 0.00722. The molecule has 0 saturated carbocycles. The zero-order chi connectivity index (χ0) is 16.1. The highest BCUT2D eigenvalue weighted by Crippen LogP contribution is 2.49. The first-order valence-electron chi connectivity index (χ1n) is 6.83. The Labute approximate surface area is 121 Å². The van der Waals surface area contributed by atoms with Crippen LogP contribution in [-0.2, 0) is 4.74 Å². The molecular weight excluding hydrogens is 286 g/mol. The lowest BCUT2D eigenvalue weighted by Gasteiger charge is -2.61. The van der Waals surface area contributed by atoms with Gasteiger partial charge in [0.25, 0.3) is 5.92 Å². The van der Waals surface area contributed by atoms with Crippen LogP contribution in [0.3, 0.4) is 0 Å². The minimum atomic E-state index is -3.16. The van der Waals surface area contributed by atoms with Crippen LogP contribution in [0.1, 0.15) is 33.6 Å². The average Bonchev–Trinajstić information content (AvgIpc) is 2.34. The number of carboxylic acid groups (broad SMARTS) is 1. The molecule has 0 bridgehead atoms. The van der Waals surface area contributed by atoms with Gasteiger partial charge in [0.15, 0.2) is 0 Å². The zero-order valence-electron chi connectivity index (χ0n) is 12.3. The number of carbonyl (C=O) groups excluding carboxylic acids is 2. The van der Waals surface area contributed by atoms with Gasteiger partial charge in [0, 0.05) is 6.54 Å². The first-order valence-corrected chi connectivity index (χ1v) is 6.83. The molecule has 0 aromatic rings. The normalized spacial score (nSPS) is 28.2.